The van der Waals surface area contributed by atoms with Gasteiger partial charge in [0.05, 0.1) is 6.54 Å². The summed E-state index contributed by atoms with van der Waals surface area (Å²) in [6.45, 7) is 3.72. The number of aromatic nitrogens is 3. The molecule has 9 nitrogen and oxygen atoms in total. The number of rotatable bonds is 6. The minimum atomic E-state index is 0. The number of halogens is 1. The Morgan fingerprint density at radius 3 is 2.79 bits per heavy atom. The summed E-state index contributed by atoms with van der Waals surface area (Å²) >= 11 is 0. The molecule has 1 atom stereocenters. The van der Waals surface area contributed by atoms with Crippen LogP contribution in [0.2, 0.25) is 0 Å². The molecule has 0 saturated carbocycles. The predicted molar refractivity (Wildman–Crippen MR) is 119 cm³/mol. The predicted octanol–water partition coefficient (Wildman–Crippen LogP) is 0.633. The molecule has 160 valence electrons. The van der Waals surface area contributed by atoms with Crippen molar-refractivity contribution in [2.45, 2.75) is 50.4 Å². The van der Waals surface area contributed by atoms with Crippen LogP contribution in [0.1, 0.15) is 30.9 Å². The molecule has 1 saturated heterocycles. The standard InChI is InChI=1S/C18H33N7O2.HI/c1-19-17(20-13-18(24(2)3)7-9-27-10-8-18)21-14-5-6-16-22-15(12-26-4)23-25(16)11-14;/h14H,5-13H2,1-4H3,(H2,19,20,21);1H. The minimum Gasteiger partial charge on any atom is -0.381 e. The van der Waals surface area contributed by atoms with Gasteiger partial charge in [0.2, 0.25) is 0 Å². The maximum absolute atomic E-state index is 5.56. The fourth-order valence-electron chi connectivity index (χ4n) is 3.84. The Morgan fingerprint density at radius 2 is 2.14 bits per heavy atom. The summed E-state index contributed by atoms with van der Waals surface area (Å²) in [7, 11) is 7.78. The summed E-state index contributed by atoms with van der Waals surface area (Å²) in [5, 5.41) is 11.6. The van der Waals surface area contributed by atoms with E-state index in [9.17, 15) is 0 Å². The third-order valence-corrected chi connectivity index (χ3v) is 5.70. The van der Waals surface area contributed by atoms with E-state index in [1.165, 1.54) is 0 Å². The Morgan fingerprint density at radius 1 is 1.39 bits per heavy atom. The van der Waals surface area contributed by atoms with Gasteiger partial charge in [-0.15, -0.1) is 24.0 Å². The third kappa shape index (κ3) is 5.55. The molecular weight excluding hydrogens is 473 g/mol. The van der Waals surface area contributed by atoms with E-state index in [-0.39, 0.29) is 35.6 Å². The largest absolute Gasteiger partial charge is 0.381 e. The van der Waals surface area contributed by atoms with Crippen molar-refractivity contribution in [3.8, 4) is 0 Å². The summed E-state index contributed by atoms with van der Waals surface area (Å²) in [6, 6.07) is 0.283. The first-order valence-corrected chi connectivity index (χ1v) is 9.70. The van der Waals surface area contributed by atoms with Crippen molar-refractivity contribution >= 4 is 29.9 Å². The lowest BCUT2D eigenvalue weighted by atomic mass is 9.88. The number of nitrogens with one attached hydrogen (secondary N) is 2. The van der Waals surface area contributed by atoms with E-state index in [1.54, 1.807) is 7.11 Å². The van der Waals surface area contributed by atoms with E-state index >= 15 is 0 Å². The van der Waals surface area contributed by atoms with E-state index in [2.05, 4.69) is 44.7 Å². The van der Waals surface area contributed by atoms with Crippen LogP contribution in [-0.4, -0.2) is 85.2 Å². The van der Waals surface area contributed by atoms with Crippen molar-refractivity contribution in [3.05, 3.63) is 11.6 Å². The van der Waals surface area contributed by atoms with Crippen LogP contribution in [0.4, 0.5) is 0 Å². The van der Waals surface area contributed by atoms with E-state index < -0.39 is 0 Å². The Bertz CT molecular complexity index is 644. The Kier molecular flexibility index (Phi) is 8.90. The molecule has 10 heteroatoms. The van der Waals surface area contributed by atoms with Gasteiger partial charge in [0.1, 0.15) is 12.4 Å². The SMILES string of the molecule is CN=C(NCC1(N(C)C)CCOCC1)NC1CCc2nc(COC)nn2C1.I. The molecule has 0 amide bonds. The average Bonchev–Trinajstić information content (AvgIpc) is 3.07. The van der Waals surface area contributed by atoms with E-state index in [0.29, 0.717) is 6.61 Å². The highest BCUT2D eigenvalue weighted by Crippen LogP contribution is 2.25. The lowest BCUT2D eigenvalue weighted by Gasteiger charge is -2.43. The summed E-state index contributed by atoms with van der Waals surface area (Å²) in [5.41, 5.74) is 0.108. The van der Waals surface area contributed by atoms with Crippen molar-refractivity contribution in [1.29, 1.82) is 0 Å². The summed E-state index contributed by atoms with van der Waals surface area (Å²) in [5.74, 6) is 2.63. The lowest BCUT2D eigenvalue weighted by Crippen LogP contribution is -2.58. The van der Waals surface area contributed by atoms with Crippen LogP contribution in [0.25, 0.3) is 0 Å². The van der Waals surface area contributed by atoms with Crippen molar-refractivity contribution in [3.63, 3.8) is 0 Å². The highest BCUT2D eigenvalue weighted by molar-refractivity contribution is 14.0. The first kappa shape index (κ1) is 23.3. The maximum atomic E-state index is 5.56. The molecule has 28 heavy (non-hydrogen) atoms. The number of guanidine groups is 1. The number of ether oxygens (including phenoxy) is 2. The second-order valence-electron chi connectivity index (χ2n) is 7.60. The normalized spacial score (nSPS) is 21.8. The van der Waals surface area contributed by atoms with Gasteiger partial charge in [-0.1, -0.05) is 0 Å². The molecule has 0 bridgehead atoms. The number of fused-ring (bicyclic) bond motifs is 1. The van der Waals surface area contributed by atoms with Crippen molar-refractivity contribution in [2.75, 3.05) is 48.0 Å². The van der Waals surface area contributed by atoms with Crippen LogP contribution < -0.4 is 10.6 Å². The fourth-order valence-corrected chi connectivity index (χ4v) is 3.84. The topological polar surface area (TPSA) is 88.8 Å². The molecule has 1 aromatic heterocycles. The molecule has 0 aromatic carbocycles. The van der Waals surface area contributed by atoms with Gasteiger partial charge in [-0.25, -0.2) is 9.67 Å². The molecule has 2 aliphatic rings. The average molecular weight is 507 g/mol. The Hall–Kier alpha value is -0.980. The second kappa shape index (κ2) is 10.7. The summed E-state index contributed by atoms with van der Waals surface area (Å²) < 4.78 is 12.7. The zero-order valence-corrected chi connectivity index (χ0v) is 19.7. The van der Waals surface area contributed by atoms with Gasteiger partial charge in [-0.3, -0.25) is 4.99 Å². The number of nitrogens with zero attached hydrogens (tertiary/aromatic N) is 5. The van der Waals surface area contributed by atoms with E-state index in [1.807, 2.05) is 11.7 Å². The van der Waals surface area contributed by atoms with Gasteiger partial charge in [0.25, 0.3) is 0 Å². The molecule has 1 unspecified atom stereocenters. The molecule has 0 radical (unpaired) electrons. The summed E-state index contributed by atoms with van der Waals surface area (Å²) in [4.78, 5) is 11.3. The van der Waals surface area contributed by atoms with Crippen LogP contribution in [0, 0.1) is 0 Å². The van der Waals surface area contributed by atoms with E-state index in [0.717, 1.165) is 69.6 Å². The van der Waals surface area contributed by atoms with Gasteiger partial charge in [0, 0.05) is 51.9 Å². The molecule has 0 spiro atoms. The smallest absolute Gasteiger partial charge is 0.191 e. The number of hydrogen-bond donors (Lipinski definition) is 2. The third-order valence-electron chi connectivity index (χ3n) is 5.70. The number of hydrogen-bond acceptors (Lipinski definition) is 6. The molecule has 3 rings (SSSR count). The minimum absolute atomic E-state index is 0. The quantitative estimate of drug-likeness (QED) is 0.332. The second-order valence-corrected chi connectivity index (χ2v) is 7.60. The van der Waals surface area contributed by atoms with Gasteiger partial charge in [0.15, 0.2) is 11.8 Å². The van der Waals surface area contributed by atoms with Gasteiger partial charge in [-0.2, -0.15) is 5.10 Å². The van der Waals surface area contributed by atoms with Gasteiger partial charge < -0.3 is 25.0 Å². The molecule has 2 aliphatic heterocycles. The molecule has 1 fully saturated rings. The van der Waals surface area contributed by atoms with Crippen LogP contribution >= 0.6 is 24.0 Å². The monoisotopic (exact) mass is 507 g/mol. The number of aliphatic imine (C=N–C) groups is 1. The lowest BCUT2D eigenvalue weighted by molar-refractivity contribution is -0.00503. The highest BCUT2D eigenvalue weighted by Gasteiger charge is 2.35. The number of aryl methyl sites for hydroxylation is 1. The molecular formula is C18H34IN7O2. The Balaban J connectivity index is 0.00000280. The van der Waals surface area contributed by atoms with Crippen LogP contribution in [0.5, 0.6) is 0 Å². The van der Waals surface area contributed by atoms with Crippen molar-refractivity contribution in [1.82, 2.24) is 30.3 Å². The maximum Gasteiger partial charge on any atom is 0.191 e. The fraction of sp³-hybridized carbons (Fsp3) is 0.833. The van der Waals surface area contributed by atoms with Crippen LogP contribution in [0.15, 0.2) is 4.99 Å². The molecule has 3 heterocycles. The first-order valence-electron chi connectivity index (χ1n) is 9.70. The van der Waals surface area contributed by atoms with Gasteiger partial charge >= 0.3 is 0 Å². The van der Waals surface area contributed by atoms with E-state index in [4.69, 9.17) is 9.47 Å². The molecule has 1 aromatic rings. The van der Waals surface area contributed by atoms with Gasteiger partial charge in [-0.05, 0) is 33.4 Å². The van der Waals surface area contributed by atoms with Crippen LogP contribution in [0.3, 0.4) is 0 Å². The number of methoxy groups -OCH3 is 1. The summed E-state index contributed by atoms with van der Waals surface area (Å²) in [6.07, 6.45) is 3.97. The van der Waals surface area contributed by atoms with Crippen molar-refractivity contribution in [2.24, 2.45) is 4.99 Å². The molecule has 0 aliphatic carbocycles. The molecule has 2 N–H and O–H groups in total. The van der Waals surface area contributed by atoms with Crippen LogP contribution in [-0.2, 0) is 29.0 Å². The zero-order valence-electron chi connectivity index (χ0n) is 17.4. The Labute approximate surface area is 184 Å². The highest BCUT2D eigenvalue weighted by atomic mass is 127. The first-order chi connectivity index (χ1) is 13.1. The number of likely N-dealkylation sites (N-methyl/N-ethyl adjacent to an activating group) is 1. The van der Waals surface area contributed by atoms with Crippen molar-refractivity contribution < 1.29 is 9.47 Å². The zero-order chi connectivity index (χ0) is 19.3.